The number of aromatic amines is 1. The number of H-pyrrole nitrogens is 1. The van der Waals surface area contributed by atoms with Gasteiger partial charge in [0.2, 0.25) is 5.96 Å². The number of carbonyl (C=O) groups is 1. The maximum atomic E-state index is 12.8. The fourth-order valence-corrected chi connectivity index (χ4v) is 3.47. The quantitative estimate of drug-likeness (QED) is 0.272. The summed E-state index contributed by atoms with van der Waals surface area (Å²) in [4.78, 5) is 24.3. The highest BCUT2D eigenvalue weighted by Crippen LogP contribution is 2.22. The van der Waals surface area contributed by atoms with Crippen LogP contribution in [0.4, 0.5) is 5.69 Å². The van der Waals surface area contributed by atoms with E-state index in [1.54, 1.807) is 42.9 Å². The Morgan fingerprint density at radius 3 is 2.62 bits per heavy atom. The summed E-state index contributed by atoms with van der Waals surface area (Å²) in [6.07, 6.45) is 4.01. The SMILES string of the molecule is N#Cc1cccc(-c2ccc(NC(=NCCc3cnc[nH]3)NC(=O)c3cccc(Cl)c3)cc2)c1. The molecular weight excluding hydrogens is 448 g/mol. The second-order valence-corrected chi connectivity index (χ2v) is 7.85. The smallest absolute Gasteiger partial charge is 0.258 e. The Morgan fingerprint density at radius 2 is 1.88 bits per heavy atom. The second-order valence-electron chi connectivity index (χ2n) is 7.42. The molecular formula is C26H21ClN6O. The Balaban J connectivity index is 1.50. The van der Waals surface area contributed by atoms with Crippen molar-refractivity contribution in [3.05, 3.63) is 107 Å². The predicted molar refractivity (Wildman–Crippen MR) is 134 cm³/mol. The highest BCUT2D eigenvalue weighted by molar-refractivity contribution is 6.31. The fourth-order valence-electron chi connectivity index (χ4n) is 3.28. The normalized spacial score (nSPS) is 11.0. The van der Waals surface area contributed by atoms with Crippen LogP contribution < -0.4 is 10.6 Å². The molecule has 0 atom stereocenters. The van der Waals surface area contributed by atoms with Crippen LogP contribution in [-0.2, 0) is 6.42 Å². The molecule has 1 amide bonds. The molecule has 168 valence electrons. The van der Waals surface area contributed by atoms with Crippen molar-refractivity contribution in [1.29, 1.82) is 5.26 Å². The number of guanidine groups is 1. The molecule has 4 rings (SSSR count). The zero-order valence-electron chi connectivity index (χ0n) is 18.1. The summed E-state index contributed by atoms with van der Waals surface area (Å²) in [6, 6.07) is 24.0. The number of imidazole rings is 1. The lowest BCUT2D eigenvalue weighted by atomic mass is 10.0. The number of aromatic nitrogens is 2. The van der Waals surface area contributed by atoms with E-state index in [-0.39, 0.29) is 5.91 Å². The van der Waals surface area contributed by atoms with Crippen LogP contribution >= 0.6 is 11.6 Å². The summed E-state index contributed by atoms with van der Waals surface area (Å²) in [5.41, 5.74) is 4.68. The van der Waals surface area contributed by atoms with Gasteiger partial charge >= 0.3 is 0 Å². The first-order valence-corrected chi connectivity index (χ1v) is 10.9. The third kappa shape index (κ3) is 6.09. The van der Waals surface area contributed by atoms with Crippen LogP contribution in [-0.4, -0.2) is 28.4 Å². The number of hydrogen-bond donors (Lipinski definition) is 3. The van der Waals surface area contributed by atoms with Gasteiger partial charge in [0.1, 0.15) is 0 Å². The maximum Gasteiger partial charge on any atom is 0.258 e. The Morgan fingerprint density at radius 1 is 1.06 bits per heavy atom. The third-order valence-corrected chi connectivity index (χ3v) is 5.23. The molecule has 8 heteroatoms. The van der Waals surface area contributed by atoms with Crippen molar-refractivity contribution in [3.8, 4) is 17.2 Å². The van der Waals surface area contributed by atoms with Gasteiger partial charge in [0.25, 0.3) is 5.91 Å². The van der Waals surface area contributed by atoms with E-state index in [1.807, 2.05) is 42.5 Å². The molecule has 0 aliphatic rings. The molecule has 1 heterocycles. The molecule has 3 aromatic carbocycles. The van der Waals surface area contributed by atoms with Gasteiger partial charge in [-0.15, -0.1) is 0 Å². The summed E-state index contributed by atoms with van der Waals surface area (Å²) >= 11 is 6.03. The Labute approximate surface area is 202 Å². The van der Waals surface area contributed by atoms with Crippen LogP contribution in [0, 0.1) is 11.3 Å². The second kappa shape index (κ2) is 10.9. The summed E-state index contributed by atoms with van der Waals surface area (Å²) in [5.74, 6) is 0.00366. The number of benzene rings is 3. The van der Waals surface area contributed by atoms with E-state index >= 15 is 0 Å². The van der Waals surface area contributed by atoms with Crippen LogP contribution in [0.5, 0.6) is 0 Å². The minimum Gasteiger partial charge on any atom is -0.348 e. The number of carbonyl (C=O) groups excluding carboxylic acids is 1. The lowest BCUT2D eigenvalue weighted by Crippen LogP contribution is -2.36. The van der Waals surface area contributed by atoms with E-state index in [0.717, 1.165) is 22.5 Å². The lowest BCUT2D eigenvalue weighted by Gasteiger charge is -2.13. The van der Waals surface area contributed by atoms with E-state index in [2.05, 4.69) is 31.7 Å². The van der Waals surface area contributed by atoms with Crippen molar-refractivity contribution in [2.75, 3.05) is 11.9 Å². The van der Waals surface area contributed by atoms with E-state index in [1.165, 1.54) is 0 Å². The molecule has 1 aromatic heterocycles. The van der Waals surface area contributed by atoms with Gasteiger partial charge < -0.3 is 10.3 Å². The molecule has 0 bridgehead atoms. The number of hydrogen-bond acceptors (Lipinski definition) is 4. The highest BCUT2D eigenvalue weighted by atomic mass is 35.5. The number of nitrogens with one attached hydrogen (secondary N) is 3. The van der Waals surface area contributed by atoms with E-state index in [0.29, 0.717) is 35.1 Å². The fraction of sp³-hybridized carbons (Fsp3) is 0.0769. The summed E-state index contributed by atoms with van der Waals surface area (Å²) in [5, 5.41) is 15.6. The van der Waals surface area contributed by atoms with Crippen molar-refractivity contribution in [2.24, 2.45) is 4.99 Å². The highest BCUT2D eigenvalue weighted by Gasteiger charge is 2.10. The Bertz CT molecular complexity index is 1340. The van der Waals surface area contributed by atoms with Crippen molar-refractivity contribution in [3.63, 3.8) is 0 Å². The molecule has 0 aliphatic heterocycles. The van der Waals surface area contributed by atoms with Gasteiger partial charge in [-0.25, -0.2) is 4.98 Å². The van der Waals surface area contributed by atoms with Crippen LogP contribution in [0.2, 0.25) is 5.02 Å². The largest absolute Gasteiger partial charge is 0.348 e. The first-order chi connectivity index (χ1) is 16.6. The molecule has 0 radical (unpaired) electrons. The number of anilines is 1. The first kappa shape index (κ1) is 22.8. The summed E-state index contributed by atoms with van der Waals surface area (Å²) < 4.78 is 0. The Kier molecular flexibility index (Phi) is 7.33. The minimum absolute atomic E-state index is 0.319. The van der Waals surface area contributed by atoms with E-state index in [4.69, 9.17) is 16.9 Å². The van der Waals surface area contributed by atoms with Crippen molar-refractivity contribution in [2.45, 2.75) is 6.42 Å². The number of rotatable bonds is 6. The number of aliphatic imine (C=N–C) groups is 1. The molecule has 3 N–H and O–H groups in total. The van der Waals surface area contributed by atoms with E-state index < -0.39 is 0 Å². The first-order valence-electron chi connectivity index (χ1n) is 10.6. The number of nitriles is 1. The summed E-state index contributed by atoms with van der Waals surface area (Å²) in [6.45, 7) is 0.444. The Hall–Kier alpha value is -4.41. The molecule has 7 nitrogen and oxygen atoms in total. The van der Waals surface area contributed by atoms with Crippen LogP contribution in [0.3, 0.4) is 0 Å². The molecule has 0 aliphatic carbocycles. The zero-order chi connectivity index (χ0) is 23.8. The van der Waals surface area contributed by atoms with Crippen molar-refractivity contribution in [1.82, 2.24) is 15.3 Å². The average Bonchev–Trinajstić information content (AvgIpc) is 3.38. The van der Waals surface area contributed by atoms with Gasteiger partial charge in [0, 0.05) is 41.1 Å². The molecule has 0 fully saturated rings. The van der Waals surface area contributed by atoms with Crippen molar-refractivity contribution >= 4 is 29.2 Å². The van der Waals surface area contributed by atoms with Crippen LogP contribution in [0.25, 0.3) is 11.1 Å². The molecule has 4 aromatic rings. The number of halogens is 1. The van der Waals surface area contributed by atoms with Gasteiger partial charge in [-0.2, -0.15) is 5.26 Å². The molecule has 0 saturated carbocycles. The van der Waals surface area contributed by atoms with Gasteiger partial charge in [0.15, 0.2) is 0 Å². The van der Waals surface area contributed by atoms with Gasteiger partial charge in [-0.05, 0) is 53.6 Å². The molecule has 0 saturated heterocycles. The van der Waals surface area contributed by atoms with Gasteiger partial charge in [-0.3, -0.25) is 15.1 Å². The minimum atomic E-state index is -0.319. The van der Waals surface area contributed by atoms with Gasteiger partial charge in [0.05, 0.1) is 18.0 Å². The number of amides is 1. The standard InChI is InChI=1S/C26H21ClN6O/c27-22-6-2-5-21(14-22)25(34)33-26(30-12-11-24-16-29-17-31-24)32-23-9-7-19(8-10-23)20-4-1-3-18(13-20)15-28/h1-10,13-14,16-17H,11-12H2,(H,29,31)(H2,30,32,33,34). The monoisotopic (exact) mass is 468 g/mol. The lowest BCUT2D eigenvalue weighted by molar-refractivity contribution is 0.0977. The number of nitrogens with zero attached hydrogens (tertiary/aromatic N) is 3. The summed E-state index contributed by atoms with van der Waals surface area (Å²) in [7, 11) is 0. The average molecular weight is 469 g/mol. The predicted octanol–water partition coefficient (Wildman–Crippen LogP) is 5.04. The zero-order valence-corrected chi connectivity index (χ0v) is 18.9. The topological polar surface area (TPSA) is 106 Å². The molecule has 34 heavy (non-hydrogen) atoms. The van der Waals surface area contributed by atoms with E-state index in [9.17, 15) is 4.79 Å². The van der Waals surface area contributed by atoms with Crippen molar-refractivity contribution < 1.29 is 4.79 Å². The third-order valence-electron chi connectivity index (χ3n) is 5.00. The molecule has 0 spiro atoms. The maximum absolute atomic E-state index is 12.8. The van der Waals surface area contributed by atoms with Crippen LogP contribution in [0.1, 0.15) is 21.6 Å². The van der Waals surface area contributed by atoms with Crippen LogP contribution in [0.15, 0.2) is 90.3 Å². The molecule has 0 unspecified atom stereocenters. The van der Waals surface area contributed by atoms with Gasteiger partial charge in [-0.1, -0.05) is 41.9 Å².